The second-order valence-electron chi connectivity index (χ2n) is 6.23. The minimum absolute atomic E-state index is 0.102. The molecular formula is C22H16N4O2S. The van der Waals surface area contributed by atoms with Crippen LogP contribution in [-0.2, 0) is 4.74 Å². The van der Waals surface area contributed by atoms with E-state index in [2.05, 4.69) is 0 Å². The Morgan fingerprint density at radius 2 is 1.93 bits per heavy atom. The van der Waals surface area contributed by atoms with E-state index in [0.717, 1.165) is 21.8 Å². The van der Waals surface area contributed by atoms with Gasteiger partial charge in [-0.1, -0.05) is 42.5 Å². The lowest BCUT2D eigenvalue weighted by molar-refractivity contribution is 0.0593. The summed E-state index contributed by atoms with van der Waals surface area (Å²) in [6, 6.07) is 19.5. The van der Waals surface area contributed by atoms with Crippen LogP contribution < -0.4 is 5.73 Å². The largest absolute Gasteiger partial charge is 0.464 e. The molecule has 0 spiro atoms. The third-order valence-corrected chi connectivity index (χ3v) is 5.38. The fourth-order valence-electron chi connectivity index (χ4n) is 3.05. The van der Waals surface area contributed by atoms with Crippen LogP contribution in [0, 0.1) is 11.3 Å². The minimum Gasteiger partial charge on any atom is -0.464 e. The Kier molecular flexibility index (Phi) is 4.85. The number of thiazole rings is 1. The summed E-state index contributed by atoms with van der Waals surface area (Å²) in [5.41, 5.74) is 9.99. The van der Waals surface area contributed by atoms with Crippen molar-refractivity contribution >= 4 is 23.0 Å². The van der Waals surface area contributed by atoms with Crippen molar-refractivity contribution in [1.29, 1.82) is 5.26 Å². The molecule has 0 saturated heterocycles. The molecular weight excluding hydrogens is 384 g/mol. The lowest BCUT2D eigenvalue weighted by Crippen LogP contribution is -2.11. The molecule has 0 radical (unpaired) electrons. The first-order valence-electron chi connectivity index (χ1n) is 8.73. The molecule has 2 aromatic heterocycles. The van der Waals surface area contributed by atoms with E-state index in [1.165, 1.54) is 13.3 Å². The molecule has 2 heterocycles. The Bertz CT molecular complexity index is 1240. The Balaban J connectivity index is 1.77. The Morgan fingerprint density at radius 3 is 2.66 bits per heavy atom. The number of hydrogen-bond donors (Lipinski definition) is 1. The average molecular weight is 400 g/mol. The number of carbonyl (C=O) groups is 1. The minimum atomic E-state index is -0.602. The molecule has 29 heavy (non-hydrogen) atoms. The molecule has 0 atom stereocenters. The molecule has 142 valence electrons. The molecule has 2 N–H and O–H groups in total. The molecule has 4 aromatic rings. The van der Waals surface area contributed by atoms with Gasteiger partial charge in [0.15, 0.2) is 5.69 Å². The van der Waals surface area contributed by atoms with Gasteiger partial charge in [-0.3, -0.25) is 0 Å². The maximum absolute atomic E-state index is 12.2. The number of nitrogen functional groups attached to an aromatic ring is 1. The Morgan fingerprint density at radius 1 is 1.17 bits per heavy atom. The summed E-state index contributed by atoms with van der Waals surface area (Å²) >= 11 is 1.54. The molecule has 7 heteroatoms. The van der Waals surface area contributed by atoms with Crippen LogP contribution >= 0.6 is 11.3 Å². The van der Waals surface area contributed by atoms with Crippen molar-refractivity contribution in [3.05, 3.63) is 77.4 Å². The zero-order valence-electron chi connectivity index (χ0n) is 15.5. The van der Waals surface area contributed by atoms with Gasteiger partial charge < -0.3 is 15.0 Å². The first-order valence-corrected chi connectivity index (χ1v) is 9.61. The predicted octanol–water partition coefficient (Wildman–Crippen LogP) is 4.51. The number of hydrogen-bond acceptors (Lipinski definition) is 6. The summed E-state index contributed by atoms with van der Waals surface area (Å²) in [6.07, 6.45) is 1.54. The maximum Gasteiger partial charge on any atom is 0.357 e. The molecule has 0 aliphatic heterocycles. The summed E-state index contributed by atoms with van der Waals surface area (Å²) < 4.78 is 6.42. The summed E-state index contributed by atoms with van der Waals surface area (Å²) in [4.78, 5) is 17.0. The van der Waals surface area contributed by atoms with Gasteiger partial charge in [-0.15, -0.1) is 11.3 Å². The summed E-state index contributed by atoms with van der Waals surface area (Å²) in [7, 11) is 1.28. The molecule has 0 amide bonds. The van der Waals surface area contributed by atoms with Crippen molar-refractivity contribution < 1.29 is 9.53 Å². The van der Waals surface area contributed by atoms with Crippen LogP contribution in [0.1, 0.15) is 16.1 Å². The van der Waals surface area contributed by atoms with Gasteiger partial charge in [0.1, 0.15) is 11.1 Å². The number of ether oxygens (including phenoxy) is 1. The quantitative estimate of drug-likeness (QED) is 0.509. The van der Waals surface area contributed by atoms with Crippen molar-refractivity contribution in [3.8, 4) is 33.6 Å². The fraction of sp³-hybridized carbons (Fsp3) is 0.0455. The van der Waals surface area contributed by atoms with Crippen molar-refractivity contribution in [2.75, 3.05) is 12.8 Å². The second kappa shape index (κ2) is 7.62. The smallest absolute Gasteiger partial charge is 0.357 e. The topological polar surface area (TPSA) is 93.9 Å². The standard InChI is InChI=1S/C22H16N4O2S/c1-28-22(27)20-19(24)16(11-23)12-26(20)17-9-5-8-15(10-17)21-25-18(13-29-21)14-6-3-2-4-7-14/h2-10,12-13H,24H2,1H3. The number of anilines is 1. The highest BCUT2D eigenvalue weighted by atomic mass is 32.1. The van der Waals surface area contributed by atoms with E-state index in [9.17, 15) is 10.1 Å². The molecule has 0 bridgehead atoms. The highest BCUT2D eigenvalue weighted by Gasteiger charge is 2.22. The van der Waals surface area contributed by atoms with Crippen molar-refractivity contribution in [2.24, 2.45) is 0 Å². The SMILES string of the molecule is COC(=O)c1c(N)c(C#N)cn1-c1cccc(-c2nc(-c3ccccc3)cs2)c1. The third kappa shape index (κ3) is 3.37. The van der Waals surface area contributed by atoms with E-state index in [-0.39, 0.29) is 16.9 Å². The number of nitriles is 1. The third-order valence-electron chi connectivity index (χ3n) is 4.49. The van der Waals surface area contributed by atoms with Crippen LogP contribution in [-0.4, -0.2) is 22.6 Å². The highest BCUT2D eigenvalue weighted by molar-refractivity contribution is 7.13. The van der Waals surface area contributed by atoms with Crippen LogP contribution in [0.15, 0.2) is 66.2 Å². The van der Waals surface area contributed by atoms with Crippen molar-refractivity contribution in [3.63, 3.8) is 0 Å². The first kappa shape index (κ1) is 18.5. The molecule has 4 rings (SSSR count). The molecule has 0 fully saturated rings. The second-order valence-corrected chi connectivity index (χ2v) is 7.09. The molecule has 6 nitrogen and oxygen atoms in total. The normalized spacial score (nSPS) is 10.5. The van der Waals surface area contributed by atoms with Gasteiger partial charge in [0, 0.05) is 28.4 Å². The molecule has 2 aromatic carbocycles. The van der Waals surface area contributed by atoms with E-state index in [1.807, 2.05) is 66.0 Å². The summed E-state index contributed by atoms with van der Waals surface area (Å²) in [6.45, 7) is 0. The maximum atomic E-state index is 12.2. The van der Waals surface area contributed by atoms with E-state index >= 15 is 0 Å². The number of esters is 1. The van der Waals surface area contributed by atoms with Crippen molar-refractivity contribution in [1.82, 2.24) is 9.55 Å². The van der Waals surface area contributed by atoms with Crippen LogP contribution in [0.4, 0.5) is 5.69 Å². The van der Waals surface area contributed by atoms with E-state index in [4.69, 9.17) is 15.5 Å². The number of nitrogens with zero attached hydrogens (tertiary/aromatic N) is 3. The lowest BCUT2D eigenvalue weighted by atomic mass is 10.1. The van der Waals surface area contributed by atoms with Gasteiger partial charge >= 0.3 is 5.97 Å². The summed E-state index contributed by atoms with van der Waals surface area (Å²) in [5.74, 6) is -0.602. The zero-order valence-corrected chi connectivity index (χ0v) is 16.3. The predicted molar refractivity (Wildman–Crippen MR) is 113 cm³/mol. The van der Waals surface area contributed by atoms with Crippen LogP contribution in [0.3, 0.4) is 0 Å². The van der Waals surface area contributed by atoms with Gasteiger partial charge in [-0.25, -0.2) is 9.78 Å². The lowest BCUT2D eigenvalue weighted by Gasteiger charge is -2.09. The number of rotatable bonds is 4. The molecule has 0 saturated carbocycles. The Hall–Kier alpha value is -3.89. The van der Waals surface area contributed by atoms with E-state index in [0.29, 0.717) is 5.69 Å². The monoisotopic (exact) mass is 400 g/mol. The number of aromatic nitrogens is 2. The molecule has 0 aliphatic carbocycles. The van der Waals surface area contributed by atoms with Gasteiger partial charge in [-0.2, -0.15) is 5.26 Å². The highest BCUT2D eigenvalue weighted by Crippen LogP contribution is 2.31. The number of methoxy groups -OCH3 is 1. The van der Waals surface area contributed by atoms with E-state index < -0.39 is 5.97 Å². The van der Waals surface area contributed by atoms with E-state index in [1.54, 1.807) is 15.9 Å². The van der Waals surface area contributed by atoms with Crippen LogP contribution in [0.25, 0.3) is 27.5 Å². The van der Waals surface area contributed by atoms with Crippen molar-refractivity contribution in [2.45, 2.75) is 0 Å². The molecule has 0 aliphatic rings. The van der Waals surface area contributed by atoms with Gasteiger partial charge in [0.05, 0.1) is 24.1 Å². The van der Waals surface area contributed by atoms with Crippen LogP contribution in [0.2, 0.25) is 0 Å². The van der Waals surface area contributed by atoms with Crippen LogP contribution in [0.5, 0.6) is 0 Å². The number of benzene rings is 2. The van der Waals surface area contributed by atoms with Gasteiger partial charge in [0.2, 0.25) is 0 Å². The average Bonchev–Trinajstić information content (AvgIpc) is 3.39. The summed E-state index contributed by atoms with van der Waals surface area (Å²) in [5, 5.41) is 12.2. The van der Waals surface area contributed by atoms with Gasteiger partial charge in [-0.05, 0) is 12.1 Å². The zero-order chi connectivity index (χ0) is 20.4. The number of carbonyl (C=O) groups excluding carboxylic acids is 1. The van der Waals surface area contributed by atoms with Gasteiger partial charge in [0.25, 0.3) is 0 Å². The Labute approximate surface area is 171 Å². The number of nitrogens with two attached hydrogens (primary N) is 1. The molecule has 0 unspecified atom stereocenters. The fourth-order valence-corrected chi connectivity index (χ4v) is 3.88. The first-order chi connectivity index (χ1) is 14.1.